The number of thiophene rings is 1. The third-order valence-electron chi connectivity index (χ3n) is 1.54. The van der Waals surface area contributed by atoms with Gasteiger partial charge in [0.05, 0.1) is 5.57 Å². The molecule has 0 atom stereocenters. The van der Waals surface area contributed by atoms with Crippen LogP contribution in [0.1, 0.15) is 4.88 Å². The van der Waals surface area contributed by atoms with Gasteiger partial charge in [0.15, 0.2) is 5.71 Å². The van der Waals surface area contributed by atoms with E-state index in [1.165, 1.54) is 17.6 Å². The Morgan fingerprint density at radius 3 is 2.83 bits per heavy atom. The van der Waals surface area contributed by atoms with Gasteiger partial charge in [-0.3, -0.25) is 5.41 Å². The van der Waals surface area contributed by atoms with Crippen LogP contribution >= 0.6 is 11.3 Å². The SMILES string of the molecule is N=C1C(=O)OC=C1c1cccs1. The summed E-state index contributed by atoms with van der Waals surface area (Å²) in [4.78, 5) is 11.7. The van der Waals surface area contributed by atoms with Gasteiger partial charge in [0.25, 0.3) is 0 Å². The van der Waals surface area contributed by atoms with Crippen LogP contribution in [-0.4, -0.2) is 11.7 Å². The predicted molar refractivity (Wildman–Crippen MR) is 46.1 cm³/mol. The van der Waals surface area contributed by atoms with Gasteiger partial charge in [0, 0.05) is 4.88 Å². The maximum Gasteiger partial charge on any atom is 0.361 e. The molecule has 0 spiro atoms. The van der Waals surface area contributed by atoms with E-state index in [2.05, 4.69) is 4.74 Å². The molecule has 0 unspecified atom stereocenters. The number of rotatable bonds is 1. The lowest BCUT2D eigenvalue weighted by atomic mass is 10.2. The molecular weight excluding hydrogens is 174 g/mol. The van der Waals surface area contributed by atoms with E-state index in [1.807, 2.05) is 17.5 Å². The van der Waals surface area contributed by atoms with Crippen LogP contribution < -0.4 is 0 Å². The van der Waals surface area contributed by atoms with Crippen molar-refractivity contribution in [1.82, 2.24) is 0 Å². The molecule has 0 aliphatic carbocycles. The van der Waals surface area contributed by atoms with Crippen LogP contribution in [0.15, 0.2) is 23.8 Å². The van der Waals surface area contributed by atoms with Gasteiger partial charge in [-0.1, -0.05) is 6.07 Å². The minimum absolute atomic E-state index is 0.0579. The fraction of sp³-hybridized carbons (Fsp3) is 0. The summed E-state index contributed by atoms with van der Waals surface area (Å²) in [7, 11) is 0. The number of hydrogen-bond donors (Lipinski definition) is 1. The topological polar surface area (TPSA) is 50.2 Å². The molecule has 1 aromatic rings. The molecule has 1 aromatic heterocycles. The Labute approximate surface area is 72.8 Å². The second-order valence-electron chi connectivity index (χ2n) is 2.29. The van der Waals surface area contributed by atoms with E-state index in [-0.39, 0.29) is 5.71 Å². The maximum absolute atomic E-state index is 10.8. The van der Waals surface area contributed by atoms with Crippen molar-refractivity contribution >= 4 is 28.6 Å². The molecule has 0 amide bonds. The molecule has 0 fully saturated rings. The zero-order chi connectivity index (χ0) is 8.55. The monoisotopic (exact) mass is 179 g/mol. The van der Waals surface area contributed by atoms with Gasteiger partial charge in [-0.25, -0.2) is 4.79 Å². The Kier molecular flexibility index (Phi) is 1.55. The van der Waals surface area contributed by atoms with Crippen molar-refractivity contribution in [3.05, 3.63) is 28.7 Å². The van der Waals surface area contributed by atoms with E-state index in [0.29, 0.717) is 5.57 Å². The molecule has 1 aliphatic rings. The fourth-order valence-electron chi connectivity index (χ4n) is 0.953. The van der Waals surface area contributed by atoms with Crippen molar-refractivity contribution in [1.29, 1.82) is 5.41 Å². The fourth-order valence-corrected chi connectivity index (χ4v) is 1.69. The Bertz CT molecular complexity index is 364. The molecule has 60 valence electrons. The lowest BCUT2D eigenvalue weighted by Crippen LogP contribution is -2.07. The summed E-state index contributed by atoms with van der Waals surface area (Å²) in [5, 5.41) is 9.25. The summed E-state index contributed by atoms with van der Waals surface area (Å²) in [6.45, 7) is 0. The zero-order valence-electron chi connectivity index (χ0n) is 6.03. The van der Waals surface area contributed by atoms with Crippen molar-refractivity contribution in [3.63, 3.8) is 0 Å². The largest absolute Gasteiger partial charge is 0.429 e. The van der Waals surface area contributed by atoms with Crippen LogP contribution in [-0.2, 0) is 9.53 Å². The number of cyclic esters (lactones) is 1. The highest BCUT2D eigenvalue weighted by Crippen LogP contribution is 2.24. The minimum Gasteiger partial charge on any atom is -0.429 e. The molecule has 0 saturated heterocycles. The normalized spacial score (nSPS) is 16.2. The summed E-state index contributed by atoms with van der Waals surface area (Å²) < 4.78 is 4.58. The van der Waals surface area contributed by atoms with Crippen LogP contribution in [0.2, 0.25) is 0 Å². The molecular formula is C8H5NO2S. The van der Waals surface area contributed by atoms with Gasteiger partial charge in [0.1, 0.15) is 6.26 Å². The summed E-state index contributed by atoms with van der Waals surface area (Å²) in [5.41, 5.74) is 0.521. The Balaban J connectivity index is 2.39. The van der Waals surface area contributed by atoms with Gasteiger partial charge in [-0.2, -0.15) is 0 Å². The van der Waals surface area contributed by atoms with Crippen molar-refractivity contribution in [2.24, 2.45) is 0 Å². The quantitative estimate of drug-likeness (QED) is 0.666. The summed E-state index contributed by atoms with van der Waals surface area (Å²) >= 11 is 1.48. The molecule has 0 aromatic carbocycles. The highest BCUT2D eigenvalue weighted by atomic mass is 32.1. The minimum atomic E-state index is -0.571. The number of hydrogen-bond acceptors (Lipinski definition) is 4. The highest BCUT2D eigenvalue weighted by molar-refractivity contribution is 7.11. The predicted octanol–water partition coefficient (Wildman–Crippen LogP) is 1.67. The number of carbonyl (C=O) groups is 1. The smallest absolute Gasteiger partial charge is 0.361 e. The van der Waals surface area contributed by atoms with Crippen LogP contribution in [0.5, 0.6) is 0 Å². The number of ether oxygens (including phenoxy) is 1. The van der Waals surface area contributed by atoms with Crippen LogP contribution in [0.4, 0.5) is 0 Å². The van der Waals surface area contributed by atoms with Gasteiger partial charge >= 0.3 is 5.97 Å². The first-order valence-electron chi connectivity index (χ1n) is 3.33. The molecule has 0 saturated carbocycles. The second kappa shape index (κ2) is 2.57. The molecule has 1 aliphatic heterocycles. The summed E-state index contributed by atoms with van der Waals surface area (Å²) in [6, 6.07) is 3.73. The standard InChI is InChI=1S/C8H5NO2S/c9-7-5(4-11-8(7)10)6-2-1-3-12-6/h1-4,9H. The van der Waals surface area contributed by atoms with E-state index < -0.39 is 5.97 Å². The van der Waals surface area contributed by atoms with Gasteiger partial charge < -0.3 is 4.74 Å². The third kappa shape index (κ3) is 0.967. The van der Waals surface area contributed by atoms with Crippen molar-refractivity contribution < 1.29 is 9.53 Å². The second-order valence-corrected chi connectivity index (χ2v) is 3.24. The Morgan fingerprint density at radius 2 is 2.33 bits per heavy atom. The molecule has 4 heteroatoms. The first-order valence-corrected chi connectivity index (χ1v) is 4.21. The van der Waals surface area contributed by atoms with Crippen molar-refractivity contribution in [2.75, 3.05) is 0 Å². The van der Waals surface area contributed by atoms with E-state index in [1.54, 1.807) is 0 Å². The lowest BCUT2D eigenvalue weighted by molar-refractivity contribution is -0.129. The first-order chi connectivity index (χ1) is 5.79. The molecule has 0 radical (unpaired) electrons. The van der Waals surface area contributed by atoms with Gasteiger partial charge in [-0.05, 0) is 11.4 Å². The molecule has 1 N–H and O–H groups in total. The van der Waals surface area contributed by atoms with E-state index in [9.17, 15) is 4.79 Å². The molecule has 3 nitrogen and oxygen atoms in total. The van der Waals surface area contributed by atoms with Crippen LogP contribution in [0, 0.1) is 5.41 Å². The van der Waals surface area contributed by atoms with Crippen LogP contribution in [0.3, 0.4) is 0 Å². The Hall–Kier alpha value is -1.42. The van der Waals surface area contributed by atoms with Gasteiger partial charge in [0.2, 0.25) is 0 Å². The Morgan fingerprint density at radius 1 is 1.50 bits per heavy atom. The molecule has 0 bridgehead atoms. The van der Waals surface area contributed by atoms with Gasteiger partial charge in [-0.15, -0.1) is 11.3 Å². The summed E-state index contributed by atoms with van der Waals surface area (Å²) in [5.74, 6) is -0.571. The van der Waals surface area contributed by atoms with E-state index in [4.69, 9.17) is 5.41 Å². The number of esters is 1. The van der Waals surface area contributed by atoms with E-state index in [0.717, 1.165) is 4.88 Å². The molecule has 2 rings (SSSR count). The lowest BCUT2D eigenvalue weighted by Gasteiger charge is -1.91. The zero-order valence-corrected chi connectivity index (χ0v) is 6.85. The first kappa shape index (κ1) is 7.24. The van der Waals surface area contributed by atoms with Crippen molar-refractivity contribution in [3.8, 4) is 0 Å². The highest BCUT2D eigenvalue weighted by Gasteiger charge is 2.24. The average Bonchev–Trinajstić information content (AvgIpc) is 2.64. The van der Waals surface area contributed by atoms with Crippen LogP contribution in [0.25, 0.3) is 5.57 Å². The molecule has 2 heterocycles. The van der Waals surface area contributed by atoms with E-state index >= 15 is 0 Å². The van der Waals surface area contributed by atoms with Crippen molar-refractivity contribution in [2.45, 2.75) is 0 Å². The maximum atomic E-state index is 10.8. The average molecular weight is 179 g/mol. The third-order valence-corrected chi connectivity index (χ3v) is 2.45. The molecule has 12 heavy (non-hydrogen) atoms. The number of carbonyl (C=O) groups excluding carboxylic acids is 1. The summed E-state index contributed by atoms with van der Waals surface area (Å²) in [6.07, 6.45) is 1.33. The number of nitrogens with one attached hydrogen (secondary N) is 1.